The lowest BCUT2D eigenvalue weighted by atomic mass is 10.1. The first kappa shape index (κ1) is 21.7. The van der Waals surface area contributed by atoms with Crippen molar-refractivity contribution in [3.8, 4) is 5.75 Å². The summed E-state index contributed by atoms with van der Waals surface area (Å²) in [7, 11) is -0.286. The van der Waals surface area contributed by atoms with E-state index in [1.54, 1.807) is 60.0 Å². The van der Waals surface area contributed by atoms with Gasteiger partial charge in [0, 0.05) is 46.1 Å². The number of aromatic nitrogens is 1. The Bertz CT molecular complexity index is 1030. The second-order valence-corrected chi connectivity index (χ2v) is 10.1. The van der Waals surface area contributed by atoms with Gasteiger partial charge in [0.15, 0.2) is 0 Å². The van der Waals surface area contributed by atoms with Gasteiger partial charge in [0.1, 0.15) is 16.7 Å². The van der Waals surface area contributed by atoms with Crippen LogP contribution in [-0.4, -0.2) is 79.3 Å². The van der Waals surface area contributed by atoms with Crippen molar-refractivity contribution in [2.45, 2.75) is 36.4 Å². The first-order valence-electron chi connectivity index (χ1n) is 10.4. The number of ether oxygens (including phenoxy) is 1. The molecule has 1 saturated heterocycles. The largest absolute Gasteiger partial charge is 0.487 e. The normalized spacial score (nSPS) is 23.5. The van der Waals surface area contributed by atoms with Gasteiger partial charge in [0.25, 0.3) is 0 Å². The fourth-order valence-electron chi connectivity index (χ4n) is 4.17. The van der Waals surface area contributed by atoms with Crippen LogP contribution in [0.25, 0.3) is 0 Å². The van der Waals surface area contributed by atoms with Crippen molar-refractivity contribution in [3.05, 3.63) is 54.4 Å². The number of likely N-dealkylation sites (N-methyl/N-ethyl adjacent to an activating group) is 1. The number of carbonyl (C=O) groups is 1. The summed E-state index contributed by atoms with van der Waals surface area (Å²) in [6.07, 6.45) is 4.29. The molecule has 1 aromatic heterocycles. The van der Waals surface area contributed by atoms with E-state index in [0.717, 1.165) is 5.56 Å². The van der Waals surface area contributed by atoms with Crippen molar-refractivity contribution < 1.29 is 17.9 Å². The molecule has 3 heterocycles. The number of likely N-dealkylation sites (tertiary alicyclic amines) is 1. The molecule has 0 saturated carbocycles. The lowest BCUT2D eigenvalue weighted by molar-refractivity contribution is -0.129. The minimum atomic E-state index is -3.77. The zero-order valence-corrected chi connectivity index (χ0v) is 18.7. The van der Waals surface area contributed by atoms with E-state index in [2.05, 4.69) is 9.88 Å². The molecular formula is C22H28N4O4S. The van der Waals surface area contributed by atoms with Crippen molar-refractivity contribution in [1.82, 2.24) is 19.1 Å². The van der Waals surface area contributed by atoms with Crippen LogP contribution in [0.5, 0.6) is 5.75 Å². The Hall–Kier alpha value is -2.49. The fraction of sp³-hybridized carbons (Fsp3) is 0.455. The van der Waals surface area contributed by atoms with E-state index in [0.29, 0.717) is 38.2 Å². The number of fused-ring (bicyclic) bond motifs is 2. The Balaban J connectivity index is 1.68. The molecule has 2 aliphatic rings. The molecule has 2 aromatic rings. The molecule has 0 bridgehead atoms. The molecule has 2 aliphatic heterocycles. The molecule has 8 nitrogen and oxygen atoms in total. The zero-order chi connectivity index (χ0) is 22.0. The van der Waals surface area contributed by atoms with Crippen LogP contribution < -0.4 is 4.74 Å². The Labute approximate surface area is 183 Å². The first-order valence-corrected chi connectivity index (χ1v) is 11.9. The highest BCUT2D eigenvalue weighted by Crippen LogP contribution is 2.37. The number of hydrogen-bond donors (Lipinski definition) is 0. The molecule has 0 aliphatic carbocycles. The molecule has 9 heteroatoms. The zero-order valence-electron chi connectivity index (χ0n) is 17.8. The van der Waals surface area contributed by atoms with Crippen LogP contribution in [0.4, 0.5) is 0 Å². The maximum Gasteiger partial charge on any atom is 0.247 e. The van der Waals surface area contributed by atoms with Gasteiger partial charge in [-0.3, -0.25) is 14.7 Å². The number of rotatable bonds is 4. The number of pyridine rings is 1. The van der Waals surface area contributed by atoms with E-state index < -0.39 is 10.0 Å². The molecule has 1 aromatic carbocycles. The smallest absolute Gasteiger partial charge is 0.247 e. The van der Waals surface area contributed by atoms with Crippen LogP contribution in [0.3, 0.4) is 0 Å². The second kappa shape index (κ2) is 8.94. The predicted octanol–water partition coefficient (Wildman–Crippen LogP) is 1.59. The molecule has 4 rings (SSSR count). The van der Waals surface area contributed by atoms with Crippen LogP contribution >= 0.6 is 0 Å². The van der Waals surface area contributed by atoms with Crippen LogP contribution in [0.1, 0.15) is 18.4 Å². The monoisotopic (exact) mass is 444 g/mol. The van der Waals surface area contributed by atoms with E-state index in [4.69, 9.17) is 4.74 Å². The third kappa shape index (κ3) is 4.58. The van der Waals surface area contributed by atoms with Crippen molar-refractivity contribution >= 4 is 15.9 Å². The molecule has 1 fully saturated rings. The number of nitrogens with zero attached hydrogens (tertiary/aromatic N) is 4. The van der Waals surface area contributed by atoms with Crippen LogP contribution in [-0.2, 0) is 21.4 Å². The molecular weight excluding hydrogens is 416 g/mol. The Morgan fingerprint density at radius 2 is 1.94 bits per heavy atom. The number of para-hydroxylation sites is 1. The average molecular weight is 445 g/mol. The standard InChI is InChI=1S/C22H28N4O4S/c1-24(2)22(27)16-25-12-9-18-19(10-13-25)30-20-7-3-4-8-21(20)31(28,29)26(18)15-17-6-5-11-23-14-17/h3-8,11,14,18-19H,9-10,12-13,15-16H2,1-2H3/t18-,19-/m1/s1. The number of sulfonamides is 1. The minimum Gasteiger partial charge on any atom is -0.487 e. The Kier molecular flexibility index (Phi) is 6.27. The Morgan fingerprint density at radius 3 is 2.68 bits per heavy atom. The highest BCUT2D eigenvalue weighted by Gasteiger charge is 2.43. The fourth-order valence-corrected chi connectivity index (χ4v) is 5.96. The first-order chi connectivity index (χ1) is 14.9. The van der Waals surface area contributed by atoms with Crippen LogP contribution in [0.2, 0.25) is 0 Å². The van der Waals surface area contributed by atoms with E-state index in [1.807, 2.05) is 12.1 Å². The Morgan fingerprint density at radius 1 is 1.16 bits per heavy atom. The number of hydrogen-bond acceptors (Lipinski definition) is 6. The summed E-state index contributed by atoms with van der Waals surface area (Å²) in [4.78, 5) is 20.2. The van der Waals surface area contributed by atoms with Gasteiger partial charge in [-0.25, -0.2) is 8.42 Å². The summed E-state index contributed by atoms with van der Waals surface area (Å²) in [5, 5.41) is 0. The predicted molar refractivity (Wildman–Crippen MR) is 116 cm³/mol. The molecule has 0 radical (unpaired) electrons. The van der Waals surface area contributed by atoms with Gasteiger partial charge in [-0.2, -0.15) is 4.31 Å². The van der Waals surface area contributed by atoms with Gasteiger partial charge in [0.05, 0.1) is 12.6 Å². The van der Waals surface area contributed by atoms with Crippen molar-refractivity contribution in [1.29, 1.82) is 0 Å². The third-order valence-corrected chi connectivity index (χ3v) is 7.81. The van der Waals surface area contributed by atoms with Crippen molar-refractivity contribution in [2.75, 3.05) is 33.7 Å². The number of amides is 1. The van der Waals surface area contributed by atoms with Gasteiger partial charge < -0.3 is 9.64 Å². The molecule has 31 heavy (non-hydrogen) atoms. The second-order valence-electron chi connectivity index (χ2n) is 8.22. The van der Waals surface area contributed by atoms with E-state index in [1.165, 1.54) is 0 Å². The molecule has 2 atom stereocenters. The minimum absolute atomic E-state index is 0.0354. The lowest BCUT2D eigenvalue weighted by Gasteiger charge is -2.31. The van der Waals surface area contributed by atoms with E-state index in [9.17, 15) is 13.2 Å². The van der Waals surface area contributed by atoms with Crippen molar-refractivity contribution in [2.24, 2.45) is 0 Å². The lowest BCUT2D eigenvalue weighted by Crippen LogP contribution is -2.46. The maximum absolute atomic E-state index is 13.7. The molecule has 166 valence electrons. The van der Waals surface area contributed by atoms with Gasteiger partial charge >= 0.3 is 0 Å². The summed E-state index contributed by atoms with van der Waals surface area (Å²) in [5.74, 6) is 0.428. The van der Waals surface area contributed by atoms with Crippen molar-refractivity contribution in [3.63, 3.8) is 0 Å². The van der Waals surface area contributed by atoms with Gasteiger partial charge in [-0.05, 0) is 36.6 Å². The van der Waals surface area contributed by atoms with E-state index >= 15 is 0 Å². The average Bonchev–Trinajstić information content (AvgIpc) is 2.99. The van der Waals surface area contributed by atoms with Gasteiger partial charge in [-0.15, -0.1) is 0 Å². The maximum atomic E-state index is 13.7. The van der Waals surface area contributed by atoms with Gasteiger partial charge in [0.2, 0.25) is 15.9 Å². The third-order valence-electron chi connectivity index (χ3n) is 5.90. The van der Waals surface area contributed by atoms with Crippen LogP contribution in [0.15, 0.2) is 53.7 Å². The molecule has 1 amide bonds. The summed E-state index contributed by atoms with van der Waals surface area (Å²) in [5.41, 5.74) is 0.827. The topological polar surface area (TPSA) is 83.0 Å². The summed E-state index contributed by atoms with van der Waals surface area (Å²) >= 11 is 0. The van der Waals surface area contributed by atoms with Gasteiger partial charge in [-0.1, -0.05) is 18.2 Å². The highest BCUT2D eigenvalue weighted by molar-refractivity contribution is 7.89. The molecule has 0 N–H and O–H groups in total. The molecule has 0 unspecified atom stereocenters. The highest BCUT2D eigenvalue weighted by atomic mass is 32.2. The summed E-state index contributed by atoms with van der Waals surface area (Å²) in [6.45, 7) is 1.84. The SMILES string of the molecule is CN(C)C(=O)CN1CC[C@@H]2[C@@H](CC1)Oc1ccccc1S(=O)(=O)N2Cc1cccnc1. The van der Waals surface area contributed by atoms with Crippen LogP contribution in [0, 0.1) is 0 Å². The quantitative estimate of drug-likeness (QED) is 0.712. The van der Waals surface area contributed by atoms with E-state index in [-0.39, 0.29) is 29.5 Å². The summed E-state index contributed by atoms with van der Waals surface area (Å²) in [6, 6.07) is 10.2. The molecule has 0 spiro atoms. The number of benzene rings is 1. The number of carbonyl (C=O) groups excluding carboxylic acids is 1. The summed E-state index contributed by atoms with van der Waals surface area (Å²) < 4.78 is 35.2.